The maximum absolute atomic E-state index is 12.2. The molecule has 1 fully saturated rings. The fourth-order valence-electron chi connectivity index (χ4n) is 3.52. The van der Waals surface area contributed by atoms with Crippen LogP contribution >= 0.6 is 11.6 Å². The highest BCUT2D eigenvalue weighted by Gasteiger charge is 2.19. The monoisotopic (exact) mass is 385 g/mol. The van der Waals surface area contributed by atoms with Gasteiger partial charge in [-0.15, -0.1) is 0 Å². The molecule has 0 saturated carbocycles. The van der Waals surface area contributed by atoms with Gasteiger partial charge in [0, 0.05) is 50.3 Å². The van der Waals surface area contributed by atoms with Crippen molar-refractivity contribution in [2.75, 3.05) is 32.7 Å². The molecule has 3 rings (SSSR count). The Morgan fingerprint density at radius 1 is 0.963 bits per heavy atom. The van der Waals surface area contributed by atoms with E-state index in [9.17, 15) is 4.79 Å². The smallest absolute Gasteiger partial charge is 0.224 e. The number of rotatable bonds is 7. The Morgan fingerprint density at radius 3 is 2.26 bits per heavy atom. The van der Waals surface area contributed by atoms with Gasteiger partial charge in [-0.05, 0) is 30.2 Å². The largest absolute Gasteiger partial charge is 0.352 e. The summed E-state index contributed by atoms with van der Waals surface area (Å²) in [6, 6.07) is 18.2. The first-order valence-electron chi connectivity index (χ1n) is 9.61. The Hall–Kier alpha value is -1.88. The first-order chi connectivity index (χ1) is 13.1. The Balaban J connectivity index is 1.37. The first-order valence-corrected chi connectivity index (χ1v) is 9.99. The van der Waals surface area contributed by atoms with E-state index in [1.165, 1.54) is 5.56 Å². The third-order valence-corrected chi connectivity index (χ3v) is 5.18. The number of nitrogens with zero attached hydrogens (tertiary/aromatic N) is 2. The third-order valence-electron chi connectivity index (χ3n) is 4.93. The van der Waals surface area contributed by atoms with Crippen molar-refractivity contribution in [3.8, 4) is 0 Å². The molecule has 27 heavy (non-hydrogen) atoms. The van der Waals surface area contributed by atoms with Gasteiger partial charge in [0.05, 0.1) is 6.42 Å². The Bertz CT molecular complexity index is 712. The maximum atomic E-state index is 12.2. The first kappa shape index (κ1) is 19.9. The minimum Gasteiger partial charge on any atom is -0.352 e. The van der Waals surface area contributed by atoms with Crippen molar-refractivity contribution >= 4 is 17.5 Å². The van der Waals surface area contributed by atoms with Gasteiger partial charge >= 0.3 is 0 Å². The lowest BCUT2D eigenvalue weighted by Crippen LogP contribution is -2.50. The van der Waals surface area contributed by atoms with Gasteiger partial charge in [-0.3, -0.25) is 14.6 Å². The molecule has 0 aromatic heterocycles. The number of halogens is 1. The highest BCUT2D eigenvalue weighted by Crippen LogP contribution is 2.11. The van der Waals surface area contributed by atoms with Gasteiger partial charge in [-0.25, -0.2) is 0 Å². The van der Waals surface area contributed by atoms with Crippen LogP contribution in [-0.2, 0) is 17.8 Å². The summed E-state index contributed by atoms with van der Waals surface area (Å²) in [5.74, 6) is 0.0625. The van der Waals surface area contributed by atoms with Gasteiger partial charge < -0.3 is 5.32 Å². The molecule has 144 valence electrons. The zero-order valence-electron chi connectivity index (χ0n) is 15.9. The zero-order chi connectivity index (χ0) is 19.1. The average Bonchev–Trinajstić information content (AvgIpc) is 2.66. The second kappa shape index (κ2) is 9.88. The van der Waals surface area contributed by atoms with Crippen LogP contribution in [0.15, 0.2) is 54.6 Å². The SMILES string of the molecule is C[C@@H](CN1CCN(Cc2ccccc2)CC1)NC(=O)Cc1ccc(Cl)cc1. The average molecular weight is 386 g/mol. The highest BCUT2D eigenvalue weighted by atomic mass is 35.5. The molecule has 4 nitrogen and oxygen atoms in total. The van der Waals surface area contributed by atoms with Crippen molar-refractivity contribution in [2.24, 2.45) is 0 Å². The summed E-state index contributed by atoms with van der Waals surface area (Å²) in [4.78, 5) is 17.2. The zero-order valence-corrected chi connectivity index (χ0v) is 16.7. The molecule has 1 amide bonds. The molecule has 1 N–H and O–H groups in total. The molecule has 0 spiro atoms. The normalized spacial score (nSPS) is 16.8. The number of hydrogen-bond acceptors (Lipinski definition) is 3. The Morgan fingerprint density at radius 2 is 1.59 bits per heavy atom. The van der Waals surface area contributed by atoms with Crippen molar-refractivity contribution in [1.29, 1.82) is 0 Å². The van der Waals surface area contributed by atoms with Crippen molar-refractivity contribution in [3.63, 3.8) is 0 Å². The number of nitrogens with one attached hydrogen (secondary N) is 1. The molecular weight excluding hydrogens is 358 g/mol. The molecule has 1 heterocycles. The van der Waals surface area contributed by atoms with Crippen LogP contribution in [0.2, 0.25) is 5.02 Å². The minimum atomic E-state index is 0.0625. The fraction of sp³-hybridized carbons (Fsp3) is 0.409. The van der Waals surface area contributed by atoms with Crippen LogP contribution in [0.1, 0.15) is 18.1 Å². The predicted molar refractivity (Wildman–Crippen MR) is 111 cm³/mol. The van der Waals surface area contributed by atoms with Gasteiger partial charge in [-0.1, -0.05) is 54.1 Å². The molecule has 1 aliphatic heterocycles. The lowest BCUT2D eigenvalue weighted by molar-refractivity contribution is -0.121. The second-order valence-corrected chi connectivity index (χ2v) is 7.77. The summed E-state index contributed by atoms with van der Waals surface area (Å²) in [6.45, 7) is 8.22. The van der Waals surface area contributed by atoms with Crippen LogP contribution in [0.4, 0.5) is 0 Å². The topological polar surface area (TPSA) is 35.6 Å². The fourth-order valence-corrected chi connectivity index (χ4v) is 3.64. The summed E-state index contributed by atoms with van der Waals surface area (Å²) < 4.78 is 0. The maximum Gasteiger partial charge on any atom is 0.224 e. The van der Waals surface area contributed by atoms with Crippen LogP contribution in [0, 0.1) is 0 Å². The number of hydrogen-bond donors (Lipinski definition) is 1. The summed E-state index contributed by atoms with van der Waals surface area (Å²) in [5.41, 5.74) is 2.35. The van der Waals surface area contributed by atoms with Gasteiger partial charge in [0.2, 0.25) is 5.91 Å². The molecule has 5 heteroatoms. The Labute approximate surface area is 167 Å². The second-order valence-electron chi connectivity index (χ2n) is 7.33. The highest BCUT2D eigenvalue weighted by molar-refractivity contribution is 6.30. The molecule has 0 radical (unpaired) electrons. The number of carbonyl (C=O) groups is 1. The lowest BCUT2D eigenvalue weighted by Gasteiger charge is -2.36. The van der Waals surface area contributed by atoms with Crippen LogP contribution < -0.4 is 5.32 Å². The molecule has 1 atom stereocenters. The van der Waals surface area contributed by atoms with Crippen LogP contribution in [-0.4, -0.2) is 54.5 Å². The van der Waals surface area contributed by atoms with Gasteiger partial charge in [0.25, 0.3) is 0 Å². The number of piperazine rings is 1. The van der Waals surface area contributed by atoms with Crippen LogP contribution in [0.5, 0.6) is 0 Å². The molecule has 0 unspecified atom stereocenters. The van der Waals surface area contributed by atoms with E-state index < -0.39 is 0 Å². The number of benzene rings is 2. The van der Waals surface area contributed by atoms with E-state index in [4.69, 9.17) is 11.6 Å². The molecule has 2 aromatic rings. The van der Waals surface area contributed by atoms with E-state index in [2.05, 4.69) is 52.4 Å². The van der Waals surface area contributed by atoms with Crippen molar-refractivity contribution < 1.29 is 4.79 Å². The molecule has 2 aromatic carbocycles. The van der Waals surface area contributed by atoms with Crippen LogP contribution in [0.25, 0.3) is 0 Å². The van der Waals surface area contributed by atoms with E-state index >= 15 is 0 Å². The third kappa shape index (κ3) is 6.65. The predicted octanol–water partition coefficient (Wildman–Crippen LogP) is 3.21. The summed E-state index contributed by atoms with van der Waals surface area (Å²) in [7, 11) is 0. The van der Waals surface area contributed by atoms with E-state index in [1.807, 2.05) is 24.3 Å². The van der Waals surface area contributed by atoms with Gasteiger partial charge in [0.1, 0.15) is 0 Å². The van der Waals surface area contributed by atoms with Crippen molar-refractivity contribution in [1.82, 2.24) is 15.1 Å². The summed E-state index contributed by atoms with van der Waals surface area (Å²) in [6.07, 6.45) is 0.395. The van der Waals surface area contributed by atoms with E-state index in [1.54, 1.807) is 0 Å². The van der Waals surface area contributed by atoms with Crippen LogP contribution in [0.3, 0.4) is 0 Å². The number of amides is 1. The van der Waals surface area contributed by atoms with E-state index in [0.29, 0.717) is 11.4 Å². The quantitative estimate of drug-likeness (QED) is 0.795. The van der Waals surface area contributed by atoms with Gasteiger partial charge in [-0.2, -0.15) is 0 Å². The lowest BCUT2D eigenvalue weighted by atomic mass is 10.1. The minimum absolute atomic E-state index is 0.0625. The molecule has 0 aliphatic carbocycles. The summed E-state index contributed by atoms with van der Waals surface area (Å²) >= 11 is 5.89. The Kier molecular flexibility index (Phi) is 7.27. The standard InChI is InChI=1S/C22H28ClN3O/c1-18(24-22(27)15-19-7-9-21(23)10-8-19)16-25-11-13-26(14-12-25)17-20-5-3-2-4-6-20/h2-10,18H,11-17H2,1H3,(H,24,27)/t18-/m0/s1. The van der Waals surface area contributed by atoms with Crippen molar-refractivity contribution in [2.45, 2.75) is 25.9 Å². The molecule has 0 bridgehead atoms. The molecular formula is C22H28ClN3O. The summed E-state index contributed by atoms with van der Waals surface area (Å²) in [5, 5.41) is 3.81. The molecule has 1 aliphatic rings. The molecule has 1 saturated heterocycles. The van der Waals surface area contributed by atoms with E-state index in [0.717, 1.165) is 44.8 Å². The number of carbonyl (C=O) groups excluding carboxylic acids is 1. The van der Waals surface area contributed by atoms with E-state index in [-0.39, 0.29) is 11.9 Å². The van der Waals surface area contributed by atoms with Crippen molar-refractivity contribution in [3.05, 3.63) is 70.7 Å². The van der Waals surface area contributed by atoms with Gasteiger partial charge in [0.15, 0.2) is 0 Å².